The highest BCUT2D eigenvalue weighted by atomic mass is 16.6. The van der Waals surface area contributed by atoms with E-state index in [-0.39, 0.29) is 18.1 Å². The number of urea groups is 1. The Kier molecular flexibility index (Phi) is 5.12. The van der Waals surface area contributed by atoms with E-state index < -0.39 is 5.41 Å². The van der Waals surface area contributed by atoms with Crippen LogP contribution in [0.2, 0.25) is 0 Å². The number of rotatable bonds is 3. The maximum absolute atomic E-state index is 12.8. The Labute approximate surface area is 187 Å². The lowest BCUT2D eigenvalue weighted by Crippen LogP contribution is -2.46. The van der Waals surface area contributed by atoms with Crippen LogP contribution in [-0.2, 0) is 16.1 Å². The molecule has 0 aliphatic carbocycles. The van der Waals surface area contributed by atoms with E-state index in [1.165, 1.54) is 5.56 Å². The number of amides is 2. The quantitative estimate of drug-likeness (QED) is 0.627. The standard InChI is InChI=1S/C25H28N4O3/c1-17-7-8-20(18(2)13-17)27-24(31)28-11-9-25(10-12-28)14-19(32-23(25)30)15-29-16-26-21-5-3-4-6-22(21)29/h3-8,13,16,19H,9-12,14-15H2,1-2H3,(H,27,31). The van der Waals surface area contributed by atoms with E-state index in [0.717, 1.165) is 22.3 Å². The van der Waals surface area contributed by atoms with E-state index in [0.29, 0.717) is 38.9 Å². The molecule has 1 spiro atoms. The van der Waals surface area contributed by atoms with Gasteiger partial charge in [0, 0.05) is 25.2 Å². The largest absolute Gasteiger partial charge is 0.460 e. The molecule has 3 heterocycles. The van der Waals surface area contributed by atoms with Crippen LogP contribution >= 0.6 is 0 Å². The van der Waals surface area contributed by atoms with Gasteiger partial charge in [0.1, 0.15) is 6.10 Å². The molecule has 7 heteroatoms. The van der Waals surface area contributed by atoms with E-state index in [1.807, 2.05) is 56.6 Å². The number of aryl methyl sites for hydroxylation is 2. The fourth-order valence-electron chi connectivity index (χ4n) is 5.01. The number of nitrogens with one attached hydrogen (secondary N) is 1. The number of para-hydroxylation sites is 2. The second-order valence-corrected chi connectivity index (χ2v) is 9.13. The molecule has 2 aromatic carbocycles. The Bertz CT molecular complexity index is 1180. The number of imidazole rings is 1. The number of nitrogens with zero attached hydrogens (tertiary/aromatic N) is 3. The van der Waals surface area contributed by atoms with Gasteiger partial charge >= 0.3 is 12.0 Å². The summed E-state index contributed by atoms with van der Waals surface area (Å²) in [5.74, 6) is -0.124. The summed E-state index contributed by atoms with van der Waals surface area (Å²) >= 11 is 0. The third-order valence-corrected chi connectivity index (χ3v) is 6.88. The fourth-order valence-corrected chi connectivity index (χ4v) is 5.01. The Morgan fingerprint density at radius 3 is 2.75 bits per heavy atom. The Hall–Kier alpha value is -3.35. The highest BCUT2D eigenvalue weighted by Crippen LogP contribution is 2.43. The number of likely N-dealkylation sites (tertiary alicyclic amines) is 1. The van der Waals surface area contributed by atoms with Crippen molar-refractivity contribution in [2.24, 2.45) is 5.41 Å². The normalized spacial score (nSPS) is 20.0. The van der Waals surface area contributed by atoms with Gasteiger partial charge in [-0.05, 0) is 50.5 Å². The third kappa shape index (κ3) is 3.72. The first-order valence-corrected chi connectivity index (χ1v) is 11.2. The van der Waals surface area contributed by atoms with Crippen LogP contribution in [0, 0.1) is 19.3 Å². The van der Waals surface area contributed by atoms with Gasteiger partial charge in [0.25, 0.3) is 0 Å². The number of ether oxygens (including phenoxy) is 1. The number of aromatic nitrogens is 2. The smallest absolute Gasteiger partial charge is 0.321 e. The van der Waals surface area contributed by atoms with Crippen molar-refractivity contribution in [2.75, 3.05) is 18.4 Å². The number of esters is 1. The van der Waals surface area contributed by atoms with Gasteiger partial charge in [-0.3, -0.25) is 4.79 Å². The van der Waals surface area contributed by atoms with Crippen LogP contribution in [0.5, 0.6) is 0 Å². The van der Waals surface area contributed by atoms with Gasteiger partial charge in [0.2, 0.25) is 0 Å². The van der Waals surface area contributed by atoms with E-state index in [2.05, 4.69) is 20.9 Å². The predicted molar refractivity (Wildman–Crippen MR) is 122 cm³/mol. The first-order chi connectivity index (χ1) is 15.4. The van der Waals surface area contributed by atoms with Crippen molar-refractivity contribution < 1.29 is 14.3 Å². The molecule has 2 fully saturated rings. The summed E-state index contributed by atoms with van der Waals surface area (Å²) in [4.78, 5) is 31.8. The van der Waals surface area contributed by atoms with E-state index in [4.69, 9.17) is 4.74 Å². The lowest BCUT2D eigenvalue weighted by Gasteiger charge is -2.36. The molecule has 3 aromatic rings. The second kappa shape index (κ2) is 7.97. The van der Waals surface area contributed by atoms with Gasteiger partial charge in [0.15, 0.2) is 0 Å². The highest BCUT2D eigenvalue weighted by molar-refractivity contribution is 5.90. The highest BCUT2D eigenvalue weighted by Gasteiger charge is 2.50. The van der Waals surface area contributed by atoms with E-state index >= 15 is 0 Å². The zero-order valence-corrected chi connectivity index (χ0v) is 18.5. The number of piperidine rings is 1. The fraction of sp³-hybridized carbons (Fsp3) is 0.400. The Balaban J connectivity index is 1.21. The zero-order valence-electron chi connectivity index (χ0n) is 18.5. The zero-order chi connectivity index (χ0) is 22.3. The number of hydrogen-bond acceptors (Lipinski definition) is 4. The maximum atomic E-state index is 12.8. The van der Waals surface area contributed by atoms with Crippen LogP contribution in [0.3, 0.4) is 0 Å². The van der Waals surface area contributed by atoms with Crippen molar-refractivity contribution in [1.82, 2.24) is 14.5 Å². The van der Waals surface area contributed by atoms with Crippen LogP contribution in [0.25, 0.3) is 11.0 Å². The molecule has 2 aliphatic heterocycles. The first kappa shape index (κ1) is 20.5. The molecular weight excluding hydrogens is 404 g/mol. The van der Waals surface area contributed by atoms with Crippen LogP contribution in [0.1, 0.15) is 30.4 Å². The van der Waals surface area contributed by atoms with Gasteiger partial charge in [0.05, 0.1) is 29.3 Å². The van der Waals surface area contributed by atoms with Gasteiger partial charge in [-0.15, -0.1) is 0 Å². The lowest BCUT2D eigenvalue weighted by atomic mass is 9.76. The van der Waals surface area contributed by atoms with Crippen molar-refractivity contribution in [3.05, 3.63) is 59.9 Å². The lowest BCUT2D eigenvalue weighted by molar-refractivity contribution is -0.150. The van der Waals surface area contributed by atoms with Gasteiger partial charge in [-0.1, -0.05) is 29.8 Å². The molecule has 0 bridgehead atoms. The van der Waals surface area contributed by atoms with Crippen LogP contribution in [0.15, 0.2) is 48.8 Å². The molecule has 1 atom stereocenters. The maximum Gasteiger partial charge on any atom is 0.321 e. The predicted octanol–water partition coefficient (Wildman–Crippen LogP) is 4.28. The molecule has 5 rings (SSSR count). The molecule has 2 aliphatic rings. The van der Waals surface area contributed by atoms with E-state index in [1.54, 1.807) is 4.90 Å². The summed E-state index contributed by atoms with van der Waals surface area (Å²) < 4.78 is 7.84. The summed E-state index contributed by atoms with van der Waals surface area (Å²) in [6, 6.07) is 13.8. The molecule has 32 heavy (non-hydrogen) atoms. The summed E-state index contributed by atoms with van der Waals surface area (Å²) in [6.07, 6.45) is 3.59. The molecule has 2 amide bonds. The minimum atomic E-state index is -0.488. The Morgan fingerprint density at radius 2 is 1.97 bits per heavy atom. The van der Waals surface area contributed by atoms with Gasteiger partial charge < -0.3 is 19.5 Å². The van der Waals surface area contributed by atoms with Gasteiger partial charge in [-0.25, -0.2) is 9.78 Å². The second-order valence-electron chi connectivity index (χ2n) is 9.13. The topological polar surface area (TPSA) is 76.5 Å². The molecule has 1 aromatic heterocycles. The average molecular weight is 433 g/mol. The molecular formula is C25H28N4O3. The number of carbonyl (C=O) groups is 2. The average Bonchev–Trinajstić information content (AvgIpc) is 3.31. The number of carbonyl (C=O) groups excluding carboxylic acids is 2. The van der Waals surface area contributed by atoms with Crippen molar-refractivity contribution in [3.8, 4) is 0 Å². The minimum absolute atomic E-state index is 0.111. The van der Waals surface area contributed by atoms with E-state index in [9.17, 15) is 9.59 Å². The summed E-state index contributed by atoms with van der Waals surface area (Å²) in [6.45, 7) is 5.72. The minimum Gasteiger partial charge on any atom is -0.460 e. The number of hydrogen-bond donors (Lipinski definition) is 1. The van der Waals surface area contributed by atoms with Crippen LogP contribution in [0.4, 0.5) is 10.5 Å². The molecule has 7 nitrogen and oxygen atoms in total. The number of cyclic esters (lactones) is 1. The molecule has 0 saturated carbocycles. The van der Waals surface area contributed by atoms with Crippen molar-refractivity contribution >= 4 is 28.7 Å². The van der Waals surface area contributed by atoms with Crippen LogP contribution in [-0.4, -0.2) is 45.6 Å². The first-order valence-electron chi connectivity index (χ1n) is 11.2. The third-order valence-electron chi connectivity index (χ3n) is 6.88. The van der Waals surface area contributed by atoms with Gasteiger partial charge in [-0.2, -0.15) is 0 Å². The summed E-state index contributed by atoms with van der Waals surface area (Å²) in [5, 5.41) is 3.01. The monoisotopic (exact) mass is 432 g/mol. The summed E-state index contributed by atoms with van der Waals surface area (Å²) in [7, 11) is 0. The Morgan fingerprint density at radius 1 is 1.19 bits per heavy atom. The molecule has 0 radical (unpaired) electrons. The number of anilines is 1. The van der Waals surface area contributed by atoms with Crippen LogP contribution < -0.4 is 5.32 Å². The molecule has 2 saturated heterocycles. The van der Waals surface area contributed by atoms with Crippen molar-refractivity contribution in [3.63, 3.8) is 0 Å². The van der Waals surface area contributed by atoms with Crippen molar-refractivity contribution in [1.29, 1.82) is 0 Å². The number of benzene rings is 2. The molecule has 166 valence electrons. The molecule has 1 unspecified atom stereocenters. The van der Waals surface area contributed by atoms with Crippen molar-refractivity contribution in [2.45, 2.75) is 45.8 Å². The SMILES string of the molecule is Cc1ccc(NC(=O)N2CCC3(CC2)CC(Cn2cnc4ccccc42)OC3=O)c(C)c1. The molecule has 1 N–H and O–H groups in total. The number of fused-ring (bicyclic) bond motifs is 1. The summed E-state index contributed by atoms with van der Waals surface area (Å²) in [5.41, 5.74) is 4.53.